The summed E-state index contributed by atoms with van der Waals surface area (Å²) in [4.78, 5) is 4.15. The number of hydrogen-bond donors (Lipinski definition) is 2. The quantitative estimate of drug-likeness (QED) is 0.670. The van der Waals surface area contributed by atoms with E-state index in [1.54, 1.807) is 6.20 Å². The minimum absolute atomic E-state index is 0.0242. The Morgan fingerprint density at radius 3 is 2.61 bits per heavy atom. The molecule has 0 spiro atoms. The number of aromatic nitrogens is 1. The minimum atomic E-state index is 0.0242. The average molecular weight is 327 g/mol. The number of nitrogens with two attached hydrogens (primary N) is 1. The molecule has 94 valence electrons. The maximum Gasteiger partial charge on any atom is 0.0515 e. The topological polar surface area (TPSA) is 50.9 Å². The summed E-state index contributed by atoms with van der Waals surface area (Å²) in [7, 11) is 0. The molecular formula is C13H13BrClN3. The minimum Gasteiger partial charge on any atom is -0.271 e. The van der Waals surface area contributed by atoms with Gasteiger partial charge in [-0.05, 0) is 51.7 Å². The van der Waals surface area contributed by atoms with Crippen LogP contribution in [0.5, 0.6) is 0 Å². The SMILES string of the molecule is NNC(Cc1ccc(Cl)cc1)c1cncc(Br)c1. The van der Waals surface area contributed by atoms with Gasteiger partial charge in [0.2, 0.25) is 0 Å². The monoisotopic (exact) mass is 325 g/mol. The van der Waals surface area contributed by atoms with Crippen molar-refractivity contribution in [2.24, 2.45) is 5.84 Å². The van der Waals surface area contributed by atoms with Gasteiger partial charge in [-0.15, -0.1) is 0 Å². The van der Waals surface area contributed by atoms with Gasteiger partial charge in [0.1, 0.15) is 0 Å². The molecule has 0 fully saturated rings. The van der Waals surface area contributed by atoms with Crippen molar-refractivity contribution in [1.29, 1.82) is 0 Å². The van der Waals surface area contributed by atoms with Gasteiger partial charge in [0.05, 0.1) is 6.04 Å². The Morgan fingerprint density at radius 2 is 2.00 bits per heavy atom. The number of pyridine rings is 1. The first-order chi connectivity index (χ1) is 8.69. The predicted octanol–water partition coefficient (Wildman–Crippen LogP) is 3.24. The van der Waals surface area contributed by atoms with E-state index in [-0.39, 0.29) is 6.04 Å². The van der Waals surface area contributed by atoms with Crippen molar-refractivity contribution in [3.63, 3.8) is 0 Å². The predicted molar refractivity (Wildman–Crippen MR) is 77.2 cm³/mol. The smallest absolute Gasteiger partial charge is 0.0515 e. The summed E-state index contributed by atoms with van der Waals surface area (Å²) in [6.07, 6.45) is 4.34. The van der Waals surface area contributed by atoms with E-state index in [2.05, 4.69) is 26.3 Å². The first kappa shape index (κ1) is 13.5. The number of hydrazine groups is 1. The molecule has 0 aliphatic rings. The van der Waals surface area contributed by atoms with Crippen LogP contribution in [0.25, 0.3) is 0 Å². The maximum absolute atomic E-state index is 5.86. The summed E-state index contributed by atoms with van der Waals surface area (Å²) < 4.78 is 0.941. The summed E-state index contributed by atoms with van der Waals surface area (Å²) in [5.74, 6) is 5.61. The van der Waals surface area contributed by atoms with Crippen LogP contribution in [0.1, 0.15) is 17.2 Å². The highest BCUT2D eigenvalue weighted by molar-refractivity contribution is 9.10. The highest BCUT2D eigenvalue weighted by Crippen LogP contribution is 2.21. The van der Waals surface area contributed by atoms with E-state index in [4.69, 9.17) is 17.4 Å². The van der Waals surface area contributed by atoms with Crippen LogP contribution >= 0.6 is 27.5 Å². The number of benzene rings is 1. The van der Waals surface area contributed by atoms with Gasteiger partial charge in [-0.1, -0.05) is 23.7 Å². The van der Waals surface area contributed by atoms with Crippen LogP contribution in [0.3, 0.4) is 0 Å². The molecule has 0 aliphatic heterocycles. The van der Waals surface area contributed by atoms with Crippen LogP contribution in [-0.2, 0) is 6.42 Å². The second-order valence-electron chi connectivity index (χ2n) is 3.99. The van der Waals surface area contributed by atoms with Crippen LogP contribution in [0.15, 0.2) is 47.2 Å². The highest BCUT2D eigenvalue weighted by atomic mass is 79.9. The first-order valence-corrected chi connectivity index (χ1v) is 6.67. The number of nitrogens with one attached hydrogen (secondary N) is 1. The van der Waals surface area contributed by atoms with E-state index in [0.29, 0.717) is 0 Å². The Balaban J connectivity index is 2.17. The van der Waals surface area contributed by atoms with Gasteiger partial charge in [-0.3, -0.25) is 16.3 Å². The Bertz CT molecular complexity index is 516. The molecule has 0 radical (unpaired) electrons. The molecule has 0 bridgehead atoms. The van der Waals surface area contributed by atoms with Crippen molar-refractivity contribution in [1.82, 2.24) is 10.4 Å². The van der Waals surface area contributed by atoms with Gasteiger partial charge in [-0.2, -0.15) is 0 Å². The molecule has 1 unspecified atom stereocenters. The van der Waals surface area contributed by atoms with Gasteiger partial charge < -0.3 is 0 Å². The normalized spacial score (nSPS) is 12.4. The second kappa shape index (κ2) is 6.29. The largest absolute Gasteiger partial charge is 0.271 e. The Hall–Kier alpha value is -0.940. The van der Waals surface area contributed by atoms with E-state index < -0.39 is 0 Å². The van der Waals surface area contributed by atoms with Crippen molar-refractivity contribution in [3.05, 3.63) is 63.3 Å². The lowest BCUT2D eigenvalue weighted by atomic mass is 10.0. The Labute approximate surface area is 119 Å². The van der Waals surface area contributed by atoms with E-state index in [1.165, 1.54) is 5.56 Å². The molecule has 1 atom stereocenters. The molecule has 0 saturated carbocycles. The molecule has 18 heavy (non-hydrogen) atoms. The van der Waals surface area contributed by atoms with Gasteiger partial charge in [0.15, 0.2) is 0 Å². The molecule has 5 heteroatoms. The fourth-order valence-corrected chi connectivity index (χ4v) is 2.26. The number of halogens is 2. The number of nitrogens with zero attached hydrogens (tertiary/aromatic N) is 1. The number of rotatable bonds is 4. The molecule has 0 aliphatic carbocycles. The molecule has 1 aromatic carbocycles. The first-order valence-electron chi connectivity index (χ1n) is 5.50. The molecule has 1 heterocycles. The zero-order chi connectivity index (χ0) is 13.0. The molecule has 3 nitrogen and oxygen atoms in total. The third kappa shape index (κ3) is 3.53. The summed E-state index contributed by atoms with van der Waals surface area (Å²) in [6, 6.07) is 9.79. The second-order valence-corrected chi connectivity index (χ2v) is 5.34. The van der Waals surface area contributed by atoms with E-state index in [9.17, 15) is 0 Å². The van der Waals surface area contributed by atoms with Crippen molar-refractivity contribution < 1.29 is 0 Å². The lowest BCUT2D eigenvalue weighted by molar-refractivity contribution is 0.550. The van der Waals surface area contributed by atoms with Crippen LogP contribution < -0.4 is 11.3 Å². The highest BCUT2D eigenvalue weighted by Gasteiger charge is 2.11. The summed E-state index contributed by atoms with van der Waals surface area (Å²) >= 11 is 9.27. The summed E-state index contributed by atoms with van der Waals surface area (Å²) in [5.41, 5.74) is 5.03. The van der Waals surface area contributed by atoms with E-state index in [1.807, 2.05) is 36.5 Å². The van der Waals surface area contributed by atoms with Crippen molar-refractivity contribution in [2.45, 2.75) is 12.5 Å². The van der Waals surface area contributed by atoms with Crippen LogP contribution in [0, 0.1) is 0 Å². The number of hydrogen-bond acceptors (Lipinski definition) is 3. The third-order valence-corrected chi connectivity index (χ3v) is 3.37. The van der Waals surface area contributed by atoms with E-state index >= 15 is 0 Å². The molecule has 1 aromatic heterocycles. The molecule has 3 N–H and O–H groups in total. The maximum atomic E-state index is 5.86. The van der Waals surface area contributed by atoms with E-state index in [0.717, 1.165) is 21.5 Å². The lowest BCUT2D eigenvalue weighted by Gasteiger charge is -2.16. The summed E-state index contributed by atoms with van der Waals surface area (Å²) in [5, 5.41) is 0.736. The van der Waals surface area contributed by atoms with Crippen LogP contribution in [-0.4, -0.2) is 4.98 Å². The molecule has 2 aromatic rings. The van der Waals surface area contributed by atoms with Gasteiger partial charge >= 0.3 is 0 Å². The van der Waals surface area contributed by atoms with Crippen molar-refractivity contribution in [2.75, 3.05) is 0 Å². The molecule has 0 amide bonds. The molecule has 0 saturated heterocycles. The Kier molecular flexibility index (Phi) is 4.72. The average Bonchev–Trinajstić information content (AvgIpc) is 2.38. The van der Waals surface area contributed by atoms with Crippen molar-refractivity contribution in [3.8, 4) is 0 Å². The third-order valence-electron chi connectivity index (χ3n) is 2.68. The van der Waals surface area contributed by atoms with Gasteiger partial charge in [0.25, 0.3) is 0 Å². The van der Waals surface area contributed by atoms with Crippen LogP contribution in [0.2, 0.25) is 5.02 Å². The van der Waals surface area contributed by atoms with Gasteiger partial charge in [0, 0.05) is 21.9 Å². The summed E-state index contributed by atoms with van der Waals surface area (Å²) in [6.45, 7) is 0. The van der Waals surface area contributed by atoms with Gasteiger partial charge in [-0.25, -0.2) is 0 Å². The van der Waals surface area contributed by atoms with Crippen LogP contribution in [0.4, 0.5) is 0 Å². The lowest BCUT2D eigenvalue weighted by Crippen LogP contribution is -2.29. The van der Waals surface area contributed by atoms with Crippen molar-refractivity contribution >= 4 is 27.5 Å². The zero-order valence-corrected chi connectivity index (χ0v) is 11.9. The molecule has 2 rings (SSSR count). The standard InChI is InChI=1S/C13H13BrClN3/c14-11-6-10(7-17-8-11)13(18-16)5-9-1-3-12(15)4-2-9/h1-4,6-8,13,18H,5,16H2. The zero-order valence-electron chi connectivity index (χ0n) is 9.61. The fourth-order valence-electron chi connectivity index (χ4n) is 1.75. The Morgan fingerprint density at radius 1 is 1.28 bits per heavy atom. The fraction of sp³-hybridized carbons (Fsp3) is 0.154. The molecular weight excluding hydrogens is 314 g/mol.